The molecule has 0 saturated heterocycles. The molecular weight excluding hydrogens is 668 g/mol. The van der Waals surface area contributed by atoms with Gasteiger partial charge in [-0.1, -0.05) is 91.7 Å². The van der Waals surface area contributed by atoms with Crippen LogP contribution in [0.3, 0.4) is 0 Å². The Morgan fingerprint density at radius 2 is 1.61 bits per heavy atom. The molecule has 49 heavy (non-hydrogen) atoms. The third-order valence-electron chi connectivity index (χ3n) is 7.95. The van der Waals surface area contributed by atoms with E-state index < -0.39 is 44.0 Å². The number of anilines is 1. The summed E-state index contributed by atoms with van der Waals surface area (Å²) in [6.45, 7) is 3.12. The van der Waals surface area contributed by atoms with Crippen LogP contribution in [0.25, 0.3) is 0 Å². The molecule has 0 aliphatic carbocycles. The van der Waals surface area contributed by atoms with Crippen LogP contribution in [0.2, 0.25) is 5.02 Å². The molecule has 0 aliphatic rings. The Morgan fingerprint density at radius 3 is 2.22 bits per heavy atom. The van der Waals surface area contributed by atoms with Gasteiger partial charge in [0.25, 0.3) is 15.7 Å². The zero-order chi connectivity index (χ0) is 35.6. The molecule has 0 bridgehead atoms. The third-order valence-corrected chi connectivity index (χ3v) is 9.94. The molecule has 258 valence electrons. The molecule has 0 saturated carbocycles. The molecule has 13 heteroatoms. The zero-order valence-corrected chi connectivity index (χ0v) is 29.1. The molecule has 2 amide bonds. The van der Waals surface area contributed by atoms with Crippen LogP contribution in [0.1, 0.15) is 36.5 Å². The summed E-state index contributed by atoms with van der Waals surface area (Å²) in [4.78, 5) is 40.6. The van der Waals surface area contributed by atoms with Crippen molar-refractivity contribution in [1.29, 1.82) is 0 Å². The van der Waals surface area contributed by atoms with E-state index in [0.29, 0.717) is 6.54 Å². The normalized spacial score (nSPS) is 11.8. The molecule has 0 fully saturated rings. The first-order valence-electron chi connectivity index (χ1n) is 15.7. The average molecular weight is 707 g/mol. The van der Waals surface area contributed by atoms with Crippen molar-refractivity contribution >= 4 is 44.8 Å². The molecule has 0 aromatic heterocycles. The van der Waals surface area contributed by atoms with Gasteiger partial charge in [-0.2, -0.15) is 0 Å². The van der Waals surface area contributed by atoms with E-state index in [1.165, 1.54) is 49.3 Å². The fourth-order valence-electron chi connectivity index (χ4n) is 5.29. The number of unbranched alkanes of at least 4 members (excludes halogenated alkanes) is 1. The predicted octanol–water partition coefficient (Wildman–Crippen LogP) is 6.32. The second kappa shape index (κ2) is 16.9. The largest absolute Gasteiger partial charge is 0.495 e. The van der Waals surface area contributed by atoms with Gasteiger partial charge in [0.1, 0.15) is 18.3 Å². The number of halogens is 1. The summed E-state index contributed by atoms with van der Waals surface area (Å²) < 4.78 is 35.2. The van der Waals surface area contributed by atoms with Crippen LogP contribution >= 0.6 is 11.6 Å². The molecule has 4 aromatic carbocycles. The number of sulfonamides is 1. The van der Waals surface area contributed by atoms with Gasteiger partial charge in [0.2, 0.25) is 11.8 Å². The average Bonchev–Trinajstić information content (AvgIpc) is 3.09. The Kier molecular flexibility index (Phi) is 12.8. The van der Waals surface area contributed by atoms with E-state index >= 15 is 0 Å². The number of rotatable bonds is 16. The van der Waals surface area contributed by atoms with Crippen molar-refractivity contribution in [2.45, 2.75) is 50.6 Å². The highest BCUT2D eigenvalue weighted by atomic mass is 35.5. The molecular formula is C36H39ClN4O7S. The van der Waals surface area contributed by atoms with E-state index in [2.05, 4.69) is 5.32 Å². The number of benzene rings is 4. The first-order chi connectivity index (χ1) is 23.5. The van der Waals surface area contributed by atoms with Crippen molar-refractivity contribution < 1.29 is 27.7 Å². The lowest BCUT2D eigenvalue weighted by atomic mass is 10.0. The molecule has 11 nitrogen and oxygen atoms in total. The SMILES string of the molecule is CCCCNC(=O)[C@H](Cc1ccccc1)N(Cc1ccccc1)C(=O)CN(c1cc(Cl)ccc1OC)S(=O)(=O)c1ccc(C)c([N+](=O)[O-])c1. The van der Waals surface area contributed by atoms with Gasteiger partial charge in [-0.3, -0.25) is 24.0 Å². The summed E-state index contributed by atoms with van der Waals surface area (Å²) >= 11 is 6.34. The van der Waals surface area contributed by atoms with Gasteiger partial charge in [0, 0.05) is 36.2 Å². The van der Waals surface area contributed by atoms with Crippen molar-refractivity contribution in [3.05, 3.63) is 129 Å². The van der Waals surface area contributed by atoms with E-state index in [-0.39, 0.29) is 40.9 Å². The van der Waals surface area contributed by atoms with Crippen molar-refractivity contribution in [3.8, 4) is 5.75 Å². The van der Waals surface area contributed by atoms with Gasteiger partial charge in [0.05, 0.1) is 22.6 Å². The lowest BCUT2D eigenvalue weighted by Crippen LogP contribution is -2.53. The standard InChI is InChI=1S/C36H39ClN4O7S/c1-4-5-20-38-36(43)33(21-27-12-8-6-9-13-27)39(24-28-14-10-7-11-15-28)35(42)25-40(32-22-29(37)17-19-34(32)48-3)49(46,47)30-18-16-26(2)31(23-30)41(44)45/h6-19,22-23,33H,4-5,20-21,24-25H2,1-3H3,(H,38,43)/t33-/m0/s1. The Morgan fingerprint density at radius 1 is 0.959 bits per heavy atom. The molecule has 0 aliphatic heterocycles. The van der Waals surface area contributed by atoms with E-state index in [9.17, 15) is 28.1 Å². The summed E-state index contributed by atoms with van der Waals surface area (Å²) in [5, 5.41) is 14.9. The second-order valence-electron chi connectivity index (χ2n) is 11.4. The van der Waals surface area contributed by atoms with Crippen LogP contribution in [0.5, 0.6) is 5.75 Å². The highest BCUT2D eigenvalue weighted by molar-refractivity contribution is 7.92. The van der Waals surface area contributed by atoms with Crippen LogP contribution in [0, 0.1) is 17.0 Å². The number of carbonyl (C=O) groups is 2. The minimum Gasteiger partial charge on any atom is -0.495 e. The Labute approximate surface area is 291 Å². The van der Waals surface area contributed by atoms with Crippen LogP contribution in [-0.2, 0) is 32.6 Å². The quantitative estimate of drug-likeness (QED) is 0.0818. The molecule has 4 rings (SSSR count). The van der Waals surface area contributed by atoms with Crippen molar-refractivity contribution in [1.82, 2.24) is 10.2 Å². The minimum atomic E-state index is -4.66. The Hall–Kier alpha value is -4.94. The summed E-state index contributed by atoms with van der Waals surface area (Å²) in [6.07, 6.45) is 1.75. The lowest BCUT2D eigenvalue weighted by molar-refractivity contribution is -0.385. The number of hydrogen-bond acceptors (Lipinski definition) is 7. The number of amides is 2. The van der Waals surface area contributed by atoms with Gasteiger partial charge in [0.15, 0.2) is 0 Å². The summed E-state index contributed by atoms with van der Waals surface area (Å²) in [5.41, 5.74) is 1.33. The Bertz CT molecular complexity index is 1880. The topological polar surface area (TPSA) is 139 Å². The summed E-state index contributed by atoms with van der Waals surface area (Å²) in [7, 11) is -3.32. The maximum absolute atomic E-state index is 14.6. The molecule has 1 N–H and O–H groups in total. The molecule has 0 unspecified atom stereocenters. The number of aryl methyl sites for hydroxylation is 1. The maximum Gasteiger partial charge on any atom is 0.273 e. The van der Waals surface area contributed by atoms with Crippen LogP contribution in [0.15, 0.2) is 102 Å². The van der Waals surface area contributed by atoms with Gasteiger partial charge in [-0.15, -0.1) is 0 Å². The number of nitro benzene ring substituents is 1. The van der Waals surface area contributed by atoms with E-state index in [1.807, 2.05) is 67.6 Å². The monoisotopic (exact) mass is 706 g/mol. The zero-order valence-electron chi connectivity index (χ0n) is 27.5. The van der Waals surface area contributed by atoms with Gasteiger partial charge in [-0.05, 0) is 48.7 Å². The van der Waals surface area contributed by atoms with Crippen LogP contribution in [0.4, 0.5) is 11.4 Å². The van der Waals surface area contributed by atoms with Gasteiger partial charge in [-0.25, -0.2) is 8.42 Å². The molecule has 1 atom stereocenters. The minimum absolute atomic E-state index is 0.00502. The lowest BCUT2D eigenvalue weighted by Gasteiger charge is -2.34. The fourth-order valence-corrected chi connectivity index (χ4v) is 6.89. The molecule has 0 radical (unpaired) electrons. The third kappa shape index (κ3) is 9.36. The van der Waals surface area contributed by atoms with E-state index in [0.717, 1.165) is 34.3 Å². The second-order valence-corrected chi connectivity index (χ2v) is 13.7. The summed E-state index contributed by atoms with van der Waals surface area (Å²) in [5.74, 6) is -0.983. The van der Waals surface area contributed by atoms with E-state index in [4.69, 9.17) is 16.3 Å². The number of nitrogens with one attached hydrogen (secondary N) is 1. The number of nitrogens with zero attached hydrogens (tertiary/aromatic N) is 3. The van der Waals surface area contributed by atoms with Crippen molar-refractivity contribution in [2.75, 3.05) is 24.5 Å². The number of carbonyl (C=O) groups excluding carboxylic acids is 2. The van der Waals surface area contributed by atoms with Crippen molar-refractivity contribution in [2.24, 2.45) is 0 Å². The molecule has 0 heterocycles. The Balaban J connectivity index is 1.86. The highest BCUT2D eigenvalue weighted by Gasteiger charge is 2.36. The van der Waals surface area contributed by atoms with Gasteiger partial charge < -0.3 is 15.0 Å². The first-order valence-corrected chi connectivity index (χ1v) is 17.5. The fraction of sp³-hybridized carbons (Fsp3) is 0.278. The van der Waals surface area contributed by atoms with E-state index in [1.54, 1.807) is 0 Å². The number of ether oxygens (including phenoxy) is 1. The first kappa shape index (κ1) is 36.9. The van der Waals surface area contributed by atoms with Crippen LogP contribution < -0.4 is 14.4 Å². The van der Waals surface area contributed by atoms with Crippen molar-refractivity contribution in [3.63, 3.8) is 0 Å². The summed E-state index contributed by atoms with van der Waals surface area (Å²) in [6, 6.07) is 25.1. The molecule has 4 aromatic rings. The predicted molar refractivity (Wildman–Crippen MR) is 189 cm³/mol. The number of nitro groups is 1. The number of methoxy groups -OCH3 is 1. The maximum atomic E-state index is 14.6. The number of hydrogen-bond donors (Lipinski definition) is 1. The molecule has 0 spiro atoms. The van der Waals surface area contributed by atoms with Gasteiger partial charge >= 0.3 is 0 Å². The smallest absolute Gasteiger partial charge is 0.273 e. The highest BCUT2D eigenvalue weighted by Crippen LogP contribution is 2.36. The van der Waals surface area contributed by atoms with Crippen LogP contribution in [-0.4, -0.2) is 56.3 Å².